The molecule has 25 heavy (non-hydrogen) atoms. The van der Waals surface area contributed by atoms with Crippen molar-refractivity contribution in [3.63, 3.8) is 0 Å². The fraction of sp³-hybridized carbons (Fsp3) is 0.375. The highest BCUT2D eigenvalue weighted by atomic mass is 32.1. The lowest BCUT2D eigenvalue weighted by molar-refractivity contribution is -0.140. The van der Waals surface area contributed by atoms with Gasteiger partial charge >= 0.3 is 12.6 Å². The van der Waals surface area contributed by atoms with Crippen molar-refractivity contribution in [3.05, 3.63) is 41.1 Å². The highest BCUT2D eigenvalue weighted by Gasteiger charge is 2.31. The molecule has 2 N–H and O–H groups in total. The van der Waals surface area contributed by atoms with E-state index in [9.17, 15) is 13.6 Å². The van der Waals surface area contributed by atoms with Gasteiger partial charge in [-0.05, 0) is 36.8 Å². The molecule has 0 bridgehead atoms. The molecule has 1 aromatic rings. The summed E-state index contributed by atoms with van der Waals surface area (Å²) < 4.78 is 38.9. The third-order valence-electron chi connectivity index (χ3n) is 3.45. The Labute approximate surface area is 149 Å². The zero-order valence-electron chi connectivity index (χ0n) is 13.7. The molecule has 0 fully saturated rings. The number of allylic oxidation sites excluding steroid dienone is 1. The van der Waals surface area contributed by atoms with E-state index in [1.54, 1.807) is 19.1 Å². The van der Waals surface area contributed by atoms with E-state index in [0.29, 0.717) is 21.9 Å². The van der Waals surface area contributed by atoms with Crippen LogP contribution in [-0.4, -0.2) is 38.0 Å². The predicted octanol–water partition coefficient (Wildman–Crippen LogP) is 2.27. The number of halogens is 2. The molecule has 1 unspecified atom stereocenters. The molecule has 9 heteroatoms. The number of carbonyl (C=O) groups is 1. The maximum Gasteiger partial charge on any atom is 0.387 e. The number of benzene rings is 1. The van der Waals surface area contributed by atoms with Crippen LogP contribution >= 0.6 is 12.2 Å². The molecule has 0 amide bonds. The van der Waals surface area contributed by atoms with Gasteiger partial charge in [-0.2, -0.15) is 8.78 Å². The zero-order chi connectivity index (χ0) is 18.4. The molecule has 6 nitrogen and oxygen atoms in total. The predicted molar refractivity (Wildman–Crippen MR) is 90.2 cm³/mol. The van der Waals surface area contributed by atoms with Crippen molar-refractivity contribution in [3.8, 4) is 5.75 Å². The number of methoxy groups -OCH3 is 1. The Balaban J connectivity index is 2.24. The molecule has 1 aliphatic rings. The second kappa shape index (κ2) is 8.72. The maximum atomic E-state index is 12.4. The Kier molecular flexibility index (Phi) is 6.65. The molecule has 0 radical (unpaired) electrons. The van der Waals surface area contributed by atoms with Crippen molar-refractivity contribution in [2.24, 2.45) is 0 Å². The van der Waals surface area contributed by atoms with Crippen LogP contribution in [0.15, 0.2) is 35.5 Å². The SMILES string of the molecule is COCCOC(=O)C1=C(C)NC(=S)NC1c1ccc(OC(F)F)cc1. The summed E-state index contributed by atoms with van der Waals surface area (Å²) in [5, 5.41) is 6.22. The van der Waals surface area contributed by atoms with Crippen LogP contribution in [0.25, 0.3) is 0 Å². The summed E-state index contributed by atoms with van der Waals surface area (Å²) in [4.78, 5) is 12.4. The second-order valence-corrected chi connectivity index (χ2v) is 5.55. The number of carbonyl (C=O) groups excluding carboxylic acids is 1. The molecular formula is C16H18F2N2O4S. The van der Waals surface area contributed by atoms with E-state index in [0.717, 1.165) is 0 Å². The number of esters is 1. The minimum atomic E-state index is -2.90. The van der Waals surface area contributed by atoms with Crippen molar-refractivity contribution in [2.75, 3.05) is 20.3 Å². The van der Waals surface area contributed by atoms with Gasteiger partial charge in [-0.15, -0.1) is 0 Å². The number of alkyl halides is 2. The van der Waals surface area contributed by atoms with E-state index in [1.807, 2.05) is 0 Å². The van der Waals surface area contributed by atoms with Crippen LogP contribution in [0.2, 0.25) is 0 Å². The van der Waals surface area contributed by atoms with E-state index in [4.69, 9.17) is 21.7 Å². The molecule has 0 saturated heterocycles. The standard InChI is InChI=1S/C16H18F2N2O4S/c1-9-12(14(21)23-8-7-22-2)13(20-16(25)19-9)10-3-5-11(6-4-10)24-15(17)18/h3-6,13,15H,7-8H2,1-2H3,(H2,19,20,25). The van der Waals surface area contributed by atoms with Crippen LogP contribution < -0.4 is 15.4 Å². The molecule has 0 spiro atoms. The molecule has 1 heterocycles. The fourth-order valence-corrected chi connectivity index (χ4v) is 2.62. The van der Waals surface area contributed by atoms with Gasteiger partial charge in [0.05, 0.1) is 18.2 Å². The molecule has 0 aromatic heterocycles. The van der Waals surface area contributed by atoms with Gasteiger partial charge in [0.25, 0.3) is 0 Å². The normalized spacial score (nSPS) is 17.2. The molecule has 2 rings (SSSR count). The molecule has 1 atom stereocenters. The number of ether oxygens (including phenoxy) is 3. The van der Waals surface area contributed by atoms with Crippen LogP contribution in [0.3, 0.4) is 0 Å². The molecule has 136 valence electrons. The number of nitrogens with one attached hydrogen (secondary N) is 2. The lowest BCUT2D eigenvalue weighted by Gasteiger charge is -2.30. The fourth-order valence-electron chi connectivity index (χ4n) is 2.35. The number of rotatable bonds is 7. The Morgan fingerprint density at radius 1 is 1.28 bits per heavy atom. The monoisotopic (exact) mass is 372 g/mol. The Morgan fingerprint density at radius 3 is 2.56 bits per heavy atom. The minimum Gasteiger partial charge on any atom is -0.460 e. The van der Waals surface area contributed by atoms with Gasteiger partial charge in [-0.3, -0.25) is 0 Å². The third kappa shape index (κ3) is 5.10. The topological polar surface area (TPSA) is 68.8 Å². The summed E-state index contributed by atoms with van der Waals surface area (Å²) in [6.07, 6.45) is 0. The Hall–Kier alpha value is -2.26. The average Bonchev–Trinajstić information content (AvgIpc) is 2.54. The van der Waals surface area contributed by atoms with Crippen LogP contribution in [0, 0.1) is 0 Å². The van der Waals surface area contributed by atoms with Gasteiger partial charge in [0.1, 0.15) is 12.4 Å². The molecular weight excluding hydrogens is 354 g/mol. The largest absolute Gasteiger partial charge is 0.460 e. The van der Waals surface area contributed by atoms with E-state index < -0.39 is 18.6 Å². The van der Waals surface area contributed by atoms with E-state index in [2.05, 4.69) is 15.4 Å². The van der Waals surface area contributed by atoms with Crippen molar-refractivity contribution in [2.45, 2.75) is 19.6 Å². The lowest BCUT2D eigenvalue weighted by atomic mass is 9.95. The maximum absolute atomic E-state index is 12.4. The quantitative estimate of drug-likeness (QED) is 0.432. The van der Waals surface area contributed by atoms with Gasteiger partial charge < -0.3 is 24.8 Å². The number of thiocarbonyl (C=S) groups is 1. The summed E-state index contributed by atoms with van der Waals surface area (Å²) >= 11 is 5.14. The smallest absolute Gasteiger partial charge is 0.387 e. The molecule has 1 aromatic carbocycles. The highest BCUT2D eigenvalue weighted by Crippen LogP contribution is 2.29. The Bertz CT molecular complexity index is 665. The molecule has 0 saturated carbocycles. The van der Waals surface area contributed by atoms with Gasteiger partial charge in [0.15, 0.2) is 5.11 Å². The first-order valence-corrected chi connectivity index (χ1v) is 7.82. The molecule has 1 aliphatic heterocycles. The summed E-state index contributed by atoms with van der Waals surface area (Å²) in [6.45, 7) is -0.795. The zero-order valence-corrected chi connectivity index (χ0v) is 14.5. The second-order valence-electron chi connectivity index (χ2n) is 5.15. The molecule has 0 aliphatic carbocycles. The summed E-state index contributed by atoms with van der Waals surface area (Å²) in [7, 11) is 1.51. The third-order valence-corrected chi connectivity index (χ3v) is 3.67. The summed E-state index contributed by atoms with van der Waals surface area (Å²) in [6, 6.07) is 5.40. The lowest BCUT2D eigenvalue weighted by Crippen LogP contribution is -2.45. The Morgan fingerprint density at radius 2 is 1.96 bits per heavy atom. The minimum absolute atomic E-state index is 0.0279. The van der Waals surface area contributed by atoms with Crippen LogP contribution in [-0.2, 0) is 14.3 Å². The first-order chi connectivity index (χ1) is 11.9. The first kappa shape index (κ1) is 19.1. The van der Waals surface area contributed by atoms with Gasteiger partial charge in [-0.25, -0.2) is 4.79 Å². The van der Waals surface area contributed by atoms with E-state index in [-0.39, 0.29) is 19.0 Å². The van der Waals surface area contributed by atoms with Crippen molar-refractivity contribution in [1.82, 2.24) is 10.6 Å². The van der Waals surface area contributed by atoms with Crippen LogP contribution in [0.5, 0.6) is 5.75 Å². The van der Waals surface area contributed by atoms with Gasteiger partial charge in [-0.1, -0.05) is 12.1 Å². The van der Waals surface area contributed by atoms with Crippen molar-refractivity contribution in [1.29, 1.82) is 0 Å². The van der Waals surface area contributed by atoms with E-state index >= 15 is 0 Å². The van der Waals surface area contributed by atoms with Crippen molar-refractivity contribution >= 4 is 23.3 Å². The summed E-state index contributed by atoms with van der Waals surface area (Å²) in [5.74, 6) is -0.491. The van der Waals surface area contributed by atoms with Gasteiger partial charge in [0, 0.05) is 12.8 Å². The van der Waals surface area contributed by atoms with E-state index in [1.165, 1.54) is 19.2 Å². The number of hydrogen-bond donors (Lipinski definition) is 2. The summed E-state index contributed by atoms with van der Waals surface area (Å²) in [5.41, 5.74) is 1.57. The van der Waals surface area contributed by atoms with Crippen molar-refractivity contribution < 1.29 is 27.8 Å². The van der Waals surface area contributed by atoms with Crippen LogP contribution in [0.1, 0.15) is 18.5 Å². The highest BCUT2D eigenvalue weighted by molar-refractivity contribution is 7.80. The number of hydrogen-bond acceptors (Lipinski definition) is 5. The first-order valence-electron chi connectivity index (χ1n) is 7.41. The average molecular weight is 372 g/mol. The van der Waals surface area contributed by atoms with Crippen LogP contribution in [0.4, 0.5) is 8.78 Å². The van der Waals surface area contributed by atoms with Gasteiger partial charge in [0.2, 0.25) is 0 Å².